The zero-order valence-electron chi connectivity index (χ0n) is 11.5. The lowest BCUT2D eigenvalue weighted by Crippen LogP contribution is -2.08. The average molecular weight is 355 g/mol. The van der Waals surface area contributed by atoms with Crippen molar-refractivity contribution in [3.63, 3.8) is 0 Å². The molecule has 1 unspecified atom stereocenters. The van der Waals surface area contributed by atoms with Crippen LogP contribution in [0.2, 0.25) is 10.0 Å². The number of aromatic nitrogens is 2. The maximum atomic E-state index is 9.64. The first kappa shape index (κ1) is 15.5. The fourth-order valence-corrected chi connectivity index (χ4v) is 3.54. The molecule has 5 N–H and O–H groups in total. The van der Waals surface area contributed by atoms with Gasteiger partial charge in [0.2, 0.25) is 0 Å². The Bertz CT molecular complexity index is 879. The van der Waals surface area contributed by atoms with Gasteiger partial charge in [-0.1, -0.05) is 29.3 Å². The molecule has 3 rings (SSSR count). The number of halogens is 2. The van der Waals surface area contributed by atoms with Crippen LogP contribution in [0.15, 0.2) is 18.2 Å². The molecule has 114 valence electrons. The fourth-order valence-electron chi connectivity index (χ4n) is 2.22. The summed E-state index contributed by atoms with van der Waals surface area (Å²) in [6, 6.07) is 5.23. The Morgan fingerprint density at radius 1 is 1.23 bits per heavy atom. The highest BCUT2D eigenvalue weighted by atomic mass is 35.5. The van der Waals surface area contributed by atoms with E-state index < -0.39 is 6.23 Å². The lowest BCUT2D eigenvalue weighted by Gasteiger charge is -2.07. The molecule has 0 aliphatic carbocycles. The Kier molecular flexibility index (Phi) is 3.96. The normalized spacial score (nSPS) is 12.8. The maximum Gasteiger partial charge on any atom is 0.139 e. The number of aryl methyl sites for hydroxylation is 1. The van der Waals surface area contributed by atoms with E-state index in [1.165, 1.54) is 11.3 Å². The largest absolute Gasteiger partial charge is 0.397 e. The molecule has 0 saturated heterocycles. The lowest BCUT2D eigenvalue weighted by atomic mass is 10.1. The van der Waals surface area contributed by atoms with E-state index in [1.54, 1.807) is 19.1 Å². The number of hydrogen-bond acceptors (Lipinski definition) is 6. The number of fused-ring (bicyclic) bond motifs is 1. The number of anilines is 1. The monoisotopic (exact) mass is 354 g/mol. The number of aliphatic hydroxyl groups is 1. The van der Waals surface area contributed by atoms with Gasteiger partial charge in [0, 0.05) is 5.56 Å². The summed E-state index contributed by atoms with van der Waals surface area (Å²) < 4.78 is 0. The van der Waals surface area contributed by atoms with Crippen molar-refractivity contribution in [1.29, 1.82) is 0 Å². The molecule has 0 fully saturated rings. The van der Waals surface area contributed by atoms with Crippen LogP contribution in [-0.2, 0) is 0 Å². The Labute approximate surface area is 140 Å². The summed E-state index contributed by atoms with van der Waals surface area (Å²) in [5, 5.41) is 11.2. The number of hydrogen-bond donors (Lipinski definition) is 3. The van der Waals surface area contributed by atoms with E-state index in [2.05, 4.69) is 9.97 Å². The molecule has 2 aromatic heterocycles. The highest BCUT2D eigenvalue weighted by Gasteiger charge is 2.20. The van der Waals surface area contributed by atoms with Crippen LogP contribution in [0.3, 0.4) is 0 Å². The highest BCUT2D eigenvalue weighted by molar-refractivity contribution is 7.19. The molecule has 1 atom stereocenters. The van der Waals surface area contributed by atoms with Crippen molar-refractivity contribution in [2.45, 2.75) is 13.2 Å². The zero-order chi connectivity index (χ0) is 16.0. The molecule has 1 aromatic carbocycles. The molecule has 0 bridgehead atoms. The predicted octanol–water partition coefficient (Wildman–Crippen LogP) is 3.51. The number of aliphatic hydroxyl groups excluding tert-OH is 1. The molecule has 8 heteroatoms. The third-order valence-corrected chi connectivity index (χ3v) is 5.10. The summed E-state index contributed by atoms with van der Waals surface area (Å²) in [5.74, 6) is 0.591. The van der Waals surface area contributed by atoms with Crippen molar-refractivity contribution in [2.75, 3.05) is 5.73 Å². The van der Waals surface area contributed by atoms with Crippen molar-refractivity contribution in [2.24, 2.45) is 5.73 Å². The van der Waals surface area contributed by atoms with Gasteiger partial charge in [0.15, 0.2) is 0 Å². The standard InChI is InChI=1S/C14H12Cl2N4OS/c1-5-19-11(6-2-3-7(15)8(16)4-6)9-10(17)12(13(18)21)22-14(9)20-5/h2-4,13,21H,17-18H2,1H3. The van der Waals surface area contributed by atoms with E-state index in [4.69, 9.17) is 34.7 Å². The summed E-state index contributed by atoms with van der Waals surface area (Å²) in [6.45, 7) is 1.79. The van der Waals surface area contributed by atoms with Crippen LogP contribution < -0.4 is 11.5 Å². The lowest BCUT2D eigenvalue weighted by molar-refractivity contribution is 0.191. The second-order valence-electron chi connectivity index (χ2n) is 4.75. The fraction of sp³-hybridized carbons (Fsp3) is 0.143. The van der Waals surface area contributed by atoms with Crippen LogP contribution in [0, 0.1) is 6.92 Å². The third-order valence-electron chi connectivity index (χ3n) is 3.19. The van der Waals surface area contributed by atoms with E-state index in [1.807, 2.05) is 6.07 Å². The minimum absolute atomic E-state index is 0.385. The Morgan fingerprint density at radius 2 is 1.95 bits per heavy atom. The number of nitrogens with zero attached hydrogens (tertiary/aromatic N) is 2. The summed E-state index contributed by atoms with van der Waals surface area (Å²) in [7, 11) is 0. The van der Waals surface area contributed by atoms with Crippen LogP contribution in [0.4, 0.5) is 5.69 Å². The predicted molar refractivity (Wildman–Crippen MR) is 91.2 cm³/mol. The second kappa shape index (κ2) is 5.64. The first-order valence-corrected chi connectivity index (χ1v) is 7.91. The highest BCUT2D eigenvalue weighted by Crippen LogP contribution is 2.40. The van der Waals surface area contributed by atoms with Crippen molar-refractivity contribution >= 4 is 50.4 Å². The van der Waals surface area contributed by atoms with E-state index in [9.17, 15) is 5.11 Å². The first-order chi connectivity index (χ1) is 10.4. The zero-order valence-corrected chi connectivity index (χ0v) is 13.8. The van der Waals surface area contributed by atoms with Gasteiger partial charge in [0.25, 0.3) is 0 Å². The van der Waals surface area contributed by atoms with Crippen LogP contribution >= 0.6 is 34.5 Å². The average Bonchev–Trinajstić information content (AvgIpc) is 2.78. The molecule has 3 aromatic rings. The number of rotatable bonds is 2. The number of nitrogens with two attached hydrogens (primary N) is 2. The molecule has 5 nitrogen and oxygen atoms in total. The van der Waals surface area contributed by atoms with Gasteiger partial charge in [0.1, 0.15) is 16.9 Å². The second-order valence-corrected chi connectivity index (χ2v) is 6.60. The Hall–Kier alpha value is -1.44. The van der Waals surface area contributed by atoms with Gasteiger partial charge in [-0.25, -0.2) is 9.97 Å². The Balaban J connectivity index is 2.35. The van der Waals surface area contributed by atoms with Crippen molar-refractivity contribution in [3.05, 3.63) is 38.9 Å². The summed E-state index contributed by atoms with van der Waals surface area (Å²) in [6.07, 6.45) is -1.15. The van der Waals surface area contributed by atoms with Gasteiger partial charge in [-0.3, -0.25) is 0 Å². The van der Waals surface area contributed by atoms with Crippen LogP contribution in [-0.4, -0.2) is 15.1 Å². The van der Waals surface area contributed by atoms with Gasteiger partial charge in [0.05, 0.1) is 31.7 Å². The molecule has 0 aliphatic heterocycles. The smallest absolute Gasteiger partial charge is 0.139 e. The summed E-state index contributed by atoms with van der Waals surface area (Å²) in [4.78, 5) is 9.98. The molecule has 0 saturated carbocycles. The molecular weight excluding hydrogens is 343 g/mol. The molecule has 22 heavy (non-hydrogen) atoms. The Morgan fingerprint density at radius 3 is 2.59 bits per heavy atom. The molecule has 2 heterocycles. The minimum Gasteiger partial charge on any atom is -0.397 e. The van der Waals surface area contributed by atoms with Gasteiger partial charge in [-0.2, -0.15) is 0 Å². The van der Waals surface area contributed by atoms with Gasteiger partial charge >= 0.3 is 0 Å². The van der Waals surface area contributed by atoms with E-state index in [-0.39, 0.29) is 0 Å². The van der Waals surface area contributed by atoms with Crippen molar-refractivity contribution in [3.8, 4) is 11.3 Å². The maximum absolute atomic E-state index is 9.64. The van der Waals surface area contributed by atoms with Crippen molar-refractivity contribution < 1.29 is 5.11 Å². The van der Waals surface area contributed by atoms with E-state index >= 15 is 0 Å². The number of nitrogen functional groups attached to an aromatic ring is 1. The third kappa shape index (κ3) is 2.53. The SMILES string of the molecule is Cc1nc(-c2ccc(Cl)c(Cl)c2)c2c(N)c(C(N)O)sc2n1. The number of benzene rings is 1. The molecule has 0 spiro atoms. The molecule has 0 radical (unpaired) electrons. The molecular formula is C14H12Cl2N4OS. The van der Waals surface area contributed by atoms with E-state index in [0.29, 0.717) is 42.3 Å². The number of thiophene rings is 1. The van der Waals surface area contributed by atoms with Gasteiger partial charge < -0.3 is 16.6 Å². The van der Waals surface area contributed by atoms with Crippen LogP contribution in [0.25, 0.3) is 21.5 Å². The van der Waals surface area contributed by atoms with Crippen molar-refractivity contribution in [1.82, 2.24) is 9.97 Å². The van der Waals surface area contributed by atoms with E-state index in [0.717, 1.165) is 5.56 Å². The quantitative estimate of drug-likeness (QED) is 0.611. The van der Waals surface area contributed by atoms with Crippen LogP contribution in [0.1, 0.15) is 16.9 Å². The topological polar surface area (TPSA) is 98.0 Å². The first-order valence-electron chi connectivity index (χ1n) is 6.34. The van der Waals surface area contributed by atoms with Crippen LogP contribution in [0.5, 0.6) is 0 Å². The summed E-state index contributed by atoms with van der Waals surface area (Å²) >= 11 is 13.3. The molecule has 0 amide bonds. The summed E-state index contributed by atoms with van der Waals surface area (Å²) in [5.41, 5.74) is 13.5. The molecule has 0 aliphatic rings. The minimum atomic E-state index is -1.15. The van der Waals surface area contributed by atoms with Gasteiger partial charge in [-0.05, 0) is 19.1 Å². The van der Waals surface area contributed by atoms with Gasteiger partial charge in [-0.15, -0.1) is 11.3 Å².